The van der Waals surface area contributed by atoms with Crippen LogP contribution in [0.5, 0.6) is 0 Å². The highest BCUT2D eigenvalue weighted by Gasteiger charge is 2.47. The van der Waals surface area contributed by atoms with E-state index in [9.17, 15) is 0 Å². The van der Waals surface area contributed by atoms with E-state index in [0.29, 0.717) is 0 Å². The molecule has 3 aliphatic rings. The lowest BCUT2D eigenvalue weighted by molar-refractivity contribution is 0.332. The van der Waals surface area contributed by atoms with Crippen LogP contribution in [-0.2, 0) is 27.1 Å². The number of hydrogen-bond acceptors (Lipinski definition) is 3. The van der Waals surface area contributed by atoms with Crippen molar-refractivity contribution in [2.75, 3.05) is 14.7 Å². The molecule has 0 spiro atoms. The van der Waals surface area contributed by atoms with Crippen LogP contribution in [0.25, 0.3) is 22.3 Å². The molecule has 0 saturated carbocycles. The summed E-state index contributed by atoms with van der Waals surface area (Å²) in [7, 11) is 0. The average Bonchev–Trinajstić information content (AvgIpc) is 2.52. The van der Waals surface area contributed by atoms with Gasteiger partial charge in [0.15, 0.2) is 0 Å². The van der Waals surface area contributed by atoms with Crippen molar-refractivity contribution in [2.24, 2.45) is 0 Å². The third kappa shape index (κ3) is 8.86. The highest BCUT2D eigenvalue weighted by molar-refractivity contribution is 7.00. The van der Waals surface area contributed by atoms with Crippen LogP contribution in [0.4, 0.5) is 51.2 Å². The number of para-hydroxylation sites is 2. The van der Waals surface area contributed by atoms with E-state index >= 15 is 0 Å². The van der Waals surface area contributed by atoms with E-state index < -0.39 is 0 Å². The van der Waals surface area contributed by atoms with Crippen LogP contribution < -0.4 is 31.1 Å². The zero-order chi connectivity index (χ0) is 54.7. The number of nitrogens with zero attached hydrogens (tertiary/aromatic N) is 3. The van der Waals surface area contributed by atoms with Crippen molar-refractivity contribution in [3.05, 3.63) is 228 Å². The second kappa shape index (κ2) is 18.5. The average molecular weight is 1020 g/mol. The smallest absolute Gasteiger partial charge is 0.252 e. The summed E-state index contributed by atoms with van der Waals surface area (Å²) in [6, 6.07) is 76.6. The molecule has 0 aromatic heterocycles. The third-order valence-corrected chi connectivity index (χ3v) is 17.6. The van der Waals surface area contributed by atoms with Crippen molar-refractivity contribution < 1.29 is 0 Å². The summed E-state index contributed by atoms with van der Waals surface area (Å²) in [6.07, 6.45) is 2.27. The normalized spacial score (nSPS) is 15.3. The second-order valence-electron chi connectivity index (χ2n) is 27.0. The lowest BCUT2D eigenvalue weighted by Gasteiger charge is -2.48. The van der Waals surface area contributed by atoms with Gasteiger partial charge in [0, 0.05) is 45.4 Å². The lowest BCUT2D eigenvalue weighted by Crippen LogP contribution is -2.62. The van der Waals surface area contributed by atoms with Crippen LogP contribution in [0.15, 0.2) is 200 Å². The quantitative estimate of drug-likeness (QED) is 0.147. The fourth-order valence-corrected chi connectivity index (χ4v) is 12.8. The molecule has 3 nitrogen and oxygen atoms in total. The van der Waals surface area contributed by atoms with Crippen LogP contribution >= 0.6 is 0 Å². The van der Waals surface area contributed by atoms with Crippen LogP contribution in [-0.4, -0.2) is 6.71 Å². The minimum absolute atomic E-state index is 0.00339. The monoisotopic (exact) mass is 1020 g/mol. The first-order chi connectivity index (χ1) is 37.1. The Bertz CT molecular complexity index is 3700. The molecule has 390 valence electrons. The Morgan fingerprint density at radius 2 is 0.859 bits per heavy atom. The summed E-state index contributed by atoms with van der Waals surface area (Å²) >= 11 is 0. The zero-order valence-electron chi connectivity index (χ0n) is 48.4. The molecule has 0 amide bonds. The van der Waals surface area contributed by atoms with Gasteiger partial charge in [0.1, 0.15) is 0 Å². The van der Waals surface area contributed by atoms with Crippen LogP contribution in [0.3, 0.4) is 0 Å². The maximum atomic E-state index is 2.70. The SMILES string of the molecule is CC(C)(C)c1cccc(N2c3cc(C(C)(C)C)ccc3B3c4cc5c(cc4N(c4ccc(C(C)(C)C)cc4-c4ccc(-c6ccccc6)cc4)c4cc(N(c6ccccc6)c6ccccc6)cc2c43)C(C)(C)CCC5(C)C)c1. The number of anilines is 9. The topological polar surface area (TPSA) is 9.72 Å². The van der Waals surface area contributed by atoms with E-state index in [4.69, 9.17) is 0 Å². The Hall–Kier alpha value is -7.56. The Labute approximate surface area is 466 Å². The lowest BCUT2D eigenvalue weighted by atomic mass is 9.33. The van der Waals surface area contributed by atoms with E-state index in [1.807, 2.05) is 0 Å². The predicted molar refractivity (Wildman–Crippen MR) is 337 cm³/mol. The number of fused-ring (bicyclic) bond motifs is 5. The molecule has 78 heavy (non-hydrogen) atoms. The summed E-state index contributed by atoms with van der Waals surface area (Å²) in [5.74, 6) is 0. The van der Waals surface area contributed by atoms with E-state index in [0.717, 1.165) is 35.6 Å². The minimum Gasteiger partial charge on any atom is -0.311 e. The summed E-state index contributed by atoms with van der Waals surface area (Å²) < 4.78 is 0. The zero-order valence-corrected chi connectivity index (χ0v) is 48.4. The highest BCUT2D eigenvalue weighted by Crippen LogP contribution is 2.54. The van der Waals surface area contributed by atoms with Gasteiger partial charge in [-0.15, -0.1) is 0 Å². The van der Waals surface area contributed by atoms with Gasteiger partial charge in [0.25, 0.3) is 6.71 Å². The fraction of sp³-hybridized carbons (Fsp3) is 0.270. The van der Waals surface area contributed by atoms with Gasteiger partial charge in [0.05, 0.1) is 11.4 Å². The molecular weight excluding hydrogens is 942 g/mol. The number of rotatable bonds is 7. The molecule has 0 saturated heterocycles. The van der Waals surface area contributed by atoms with Crippen molar-refractivity contribution in [1.29, 1.82) is 0 Å². The third-order valence-electron chi connectivity index (χ3n) is 17.6. The van der Waals surface area contributed by atoms with Crippen molar-refractivity contribution >= 4 is 74.3 Å². The molecule has 0 bridgehead atoms. The molecule has 0 radical (unpaired) electrons. The van der Waals surface area contributed by atoms with Crippen molar-refractivity contribution in [3.63, 3.8) is 0 Å². The molecular formula is C74H76BN3. The predicted octanol–water partition coefficient (Wildman–Crippen LogP) is 18.8. The maximum Gasteiger partial charge on any atom is 0.252 e. The van der Waals surface area contributed by atoms with Crippen molar-refractivity contribution in [3.8, 4) is 22.3 Å². The molecule has 0 N–H and O–H groups in total. The van der Waals surface area contributed by atoms with Gasteiger partial charge in [-0.3, -0.25) is 0 Å². The van der Waals surface area contributed by atoms with E-state index in [1.165, 1.54) is 94.9 Å². The Balaban J connectivity index is 1.25. The first kappa shape index (κ1) is 51.2. The van der Waals surface area contributed by atoms with Gasteiger partial charge >= 0.3 is 0 Å². The van der Waals surface area contributed by atoms with Gasteiger partial charge in [-0.1, -0.05) is 217 Å². The molecule has 0 unspecified atom stereocenters. The molecule has 1 aliphatic carbocycles. The second-order valence-corrected chi connectivity index (χ2v) is 27.0. The maximum absolute atomic E-state index is 2.70. The van der Waals surface area contributed by atoms with Crippen LogP contribution in [0.1, 0.15) is 131 Å². The molecule has 2 heterocycles. The van der Waals surface area contributed by atoms with Gasteiger partial charge in [0.2, 0.25) is 0 Å². The molecule has 4 heteroatoms. The molecule has 0 fully saturated rings. The first-order valence-corrected chi connectivity index (χ1v) is 28.5. The summed E-state index contributed by atoms with van der Waals surface area (Å²) in [5, 5.41) is 0. The van der Waals surface area contributed by atoms with Gasteiger partial charge in [-0.25, -0.2) is 0 Å². The Morgan fingerprint density at radius 1 is 0.372 bits per heavy atom. The Kier molecular flexibility index (Phi) is 12.2. The molecule has 0 atom stereocenters. The molecule has 2 aliphatic heterocycles. The number of benzene rings is 9. The van der Waals surface area contributed by atoms with E-state index in [1.54, 1.807) is 0 Å². The van der Waals surface area contributed by atoms with Crippen LogP contribution in [0.2, 0.25) is 0 Å². The number of hydrogen-bond donors (Lipinski definition) is 0. The van der Waals surface area contributed by atoms with Gasteiger partial charge < -0.3 is 14.7 Å². The van der Waals surface area contributed by atoms with Crippen LogP contribution in [0, 0.1) is 0 Å². The summed E-state index contributed by atoms with van der Waals surface area (Å²) in [4.78, 5) is 7.80. The minimum atomic E-state index is -0.0838. The largest absolute Gasteiger partial charge is 0.311 e. The van der Waals surface area contributed by atoms with E-state index in [-0.39, 0.29) is 33.8 Å². The van der Waals surface area contributed by atoms with Gasteiger partial charge in [-0.05, 0) is 174 Å². The molecule has 12 rings (SSSR count). The highest BCUT2D eigenvalue weighted by atomic mass is 15.2. The van der Waals surface area contributed by atoms with Crippen molar-refractivity contribution in [2.45, 2.75) is 130 Å². The molecule has 9 aromatic carbocycles. The summed E-state index contributed by atoms with van der Waals surface area (Å²) in [6.45, 7) is 31.0. The van der Waals surface area contributed by atoms with E-state index in [2.05, 4.69) is 305 Å². The standard InChI is InChI=1S/C74H76BN3/c1-70(2,3)52-26-23-31-57(42-52)77-65-44-54(72(7,8)9)36-38-62(65)75-63-47-60-61(74(12,13)41-40-73(60,10)11)48-66(63)78(68-46-58(45-67(77)69(68)75)76(55-27-19-15-20-28-55)56-29-21-16-22-30-56)64-39-37-53(71(4,5)6)43-59(64)51-34-32-50(33-35-51)49-24-17-14-18-25-49/h14-39,42-48H,40-41H2,1-13H3. The van der Waals surface area contributed by atoms with Crippen molar-refractivity contribution in [1.82, 2.24) is 0 Å². The van der Waals surface area contributed by atoms with Gasteiger partial charge in [-0.2, -0.15) is 0 Å². The summed E-state index contributed by atoms with van der Waals surface area (Å²) in [5.41, 5.74) is 26.0. The Morgan fingerprint density at radius 3 is 1.45 bits per heavy atom. The first-order valence-electron chi connectivity index (χ1n) is 28.5. The fourth-order valence-electron chi connectivity index (χ4n) is 12.8. The molecule has 9 aromatic rings.